The number of morpholine rings is 1. The molecule has 4 rings (SSSR count). The Morgan fingerprint density at radius 2 is 1.97 bits per heavy atom. The minimum Gasteiger partial charge on any atom is -0.373 e. The fourth-order valence-electron chi connectivity index (χ4n) is 4.29. The molecule has 0 saturated carbocycles. The van der Waals surface area contributed by atoms with Gasteiger partial charge in [-0.2, -0.15) is 4.31 Å². The Kier molecular flexibility index (Phi) is 7.21. The summed E-state index contributed by atoms with van der Waals surface area (Å²) in [4.78, 5) is 23.7. The van der Waals surface area contributed by atoms with Crippen molar-refractivity contribution in [3.63, 3.8) is 0 Å². The number of amides is 1. The van der Waals surface area contributed by atoms with Crippen molar-refractivity contribution in [3.05, 3.63) is 35.6 Å². The highest BCUT2D eigenvalue weighted by Crippen LogP contribution is 2.26. The average Bonchev–Trinajstić information content (AvgIpc) is 3.20. The van der Waals surface area contributed by atoms with Crippen LogP contribution in [-0.2, 0) is 26.1 Å². The van der Waals surface area contributed by atoms with Crippen LogP contribution < -0.4 is 5.32 Å². The van der Waals surface area contributed by atoms with Crippen molar-refractivity contribution >= 4 is 32.4 Å². The predicted molar refractivity (Wildman–Crippen MR) is 122 cm³/mol. The van der Waals surface area contributed by atoms with Crippen LogP contribution in [0.4, 0.5) is 5.13 Å². The Bertz CT molecular complexity index is 1010. The Hall–Kier alpha value is -1.92. The van der Waals surface area contributed by atoms with Gasteiger partial charge >= 0.3 is 0 Å². The molecular weight excluding hydrogens is 450 g/mol. The zero-order valence-corrected chi connectivity index (χ0v) is 19.9. The number of rotatable bonds is 6. The molecule has 11 heteroatoms. The SMILES string of the molecule is CC1CN(Cc2csc(NC(=O)C3CCN(S(=O)(=O)c4cccnc4)CC3)n2)CC(C)O1. The molecule has 0 radical (unpaired) electrons. The molecule has 4 heterocycles. The average molecular weight is 480 g/mol. The van der Waals surface area contributed by atoms with Gasteiger partial charge in [0, 0.05) is 56.4 Å². The van der Waals surface area contributed by atoms with Gasteiger partial charge in [0.15, 0.2) is 5.13 Å². The van der Waals surface area contributed by atoms with Crippen LogP contribution >= 0.6 is 11.3 Å². The molecule has 2 aliphatic heterocycles. The number of aromatic nitrogens is 2. The molecule has 2 saturated heterocycles. The lowest BCUT2D eigenvalue weighted by atomic mass is 9.97. The summed E-state index contributed by atoms with van der Waals surface area (Å²) in [6, 6.07) is 3.15. The van der Waals surface area contributed by atoms with Crippen LogP contribution in [0.2, 0.25) is 0 Å². The molecule has 9 nitrogen and oxygen atoms in total. The molecule has 0 aromatic carbocycles. The number of hydrogen-bond donors (Lipinski definition) is 1. The number of anilines is 1. The van der Waals surface area contributed by atoms with E-state index in [1.54, 1.807) is 18.3 Å². The molecule has 2 aliphatic rings. The molecule has 2 aromatic heterocycles. The van der Waals surface area contributed by atoms with Gasteiger partial charge in [-0.25, -0.2) is 13.4 Å². The standard InChI is InChI=1S/C21H29N5O4S2/c1-15-11-25(12-16(2)30-15)13-18-14-31-21(23-18)24-20(27)17-5-8-26(9-6-17)32(28,29)19-4-3-7-22-10-19/h3-4,7,10,14-17H,5-6,8-9,11-13H2,1-2H3,(H,23,24,27). The van der Waals surface area contributed by atoms with E-state index in [4.69, 9.17) is 4.74 Å². The molecular formula is C21H29N5O4S2. The summed E-state index contributed by atoms with van der Waals surface area (Å²) in [6.45, 7) is 7.23. The molecule has 2 atom stereocenters. The number of piperidine rings is 1. The van der Waals surface area contributed by atoms with Gasteiger partial charge in [-0.1, -0.05) is 0 Å². The molecule has 0 bridgehead atoms. The fraction of sp³-hybridized carbons (Fsp3) is 0.571. The van der Waals surface area contributed by atoms with Crippen molar-refractivity contribution in [2.24, 2.45) is 5.92 Å². The highest BCUT2D eigenvalue weighted by molar-refractivity contribution is 7.89. The first-order chi connectivity index (χ1) is 15.3. The van der Waals surface area contributed by atoms with Gasteiger partial charge in [0.2, 0.25) is 15.9 Å². The molecule has 2 aromatic rings. The summed E-state index contributed by atoms with van der Waals surface area (Å²) in [5, 5.41) is 5.48. The van der Waals surface area contributed by atoms with Crippen molar-refractivity contribution in [2.45, 2.75) is 50.3 Å². The summed E-state index contributed by atoms with van der Waals surface area (Å²) in [7, 11) is -3.57. The second kappa shape index (κ2) is 9.92. The zero-order chi connectivity index (χ0) is 22.7. The van der Waals surface area contributed by atoms with Gasteiger partial charge in [0.1, 0.15) is 4.90 Å². The van der Waals surface area contributed by atoms with E-state index in [-0.39, 0.29) is 28.9 Å². The minimum absolute atomic E-state index is 0.0991. The Morgan fingerprint density at radius 3 is 2.62 bits per heavy atom. The number of sulfonamides is 1. The van der Waals surface area contributed by atoms with E-state index < -0.39 is 10.0 Å². The van der Waals surface area contributed by atoms with E-state index >= 15 is 0 Å². The first kappa shape index (κ1) is 23.2. The lowest BCUT2D eigenvalue weighted by Gasteiger charge is -2.34. The van der Waals surface area contributed by atoms with Crippen LogP contribution in [-0.4, -0.2) is 71.9 Å². The van der Waals surface area contributed by atoms with Crippen molar-refractivity contribution in [1.29, 1.82) is 0 Å². The third kappa shape index (κ3) is 5.52. The van der Waals surface area contributed by atoms with E-state index in [0.29, 0.717) is 31.1 Å². The third-order valence-electron chi connectivity index (χ3n) is 5.76. The lowest BCUT2D eigenvalue weighted by molar-refractivity contribution is -0.120. The fourth-order valence-corrected chi connectivity index (χ4v) is 6.43. The van der Waals surface area contributed by atoms with E-state index in [0.717, 1.165) is 25.3 Å². The topological polar surface area (TPSA) is 105 Å². The van der Waals surface area contributed by atoms with Gasteiger partial charge < -0.3 is 10.1 Å². The maximum atomic E-state index is 12.7. The van der Waals surface area contributed by atoms with Crippen molar-refractivity contribution < 1.29 is 17.9 Å². The van der Waals surface area contributed by atoms with Crippen molar-refractivity contribution in [2.75, 3.05) is 31.5 Å². The number of ether oxygens (including phenoxy) is 1. The van der Waals surface area contributed by atoms with Crippen LogP contribution in [0.1, 0.15) is 32.4 Å². The molecule has 2 unspecified atom stereocenters. The second-order valence-corrected chi connectivity index (χ2v) is 11.2. The summed E-state index contributed by atoms with van der Waals surface area (Å²) < 4.78 is 32.7. The summed E-state index contributed by atoms with van der Waals surface area (Å²) in [6.07, 6.45) is 4.25. The summed E-state index contributed by atoms with van der Waals surface area (Å²) in [5.74, 6) is -0.332. The molecule has 174 valence electrons. The number of nitrogens with zero attached hydrogens (tertiary/aromatic N) is 4. The molecule has 2 fully saturated rings. The third-order valence-corrected chi connectivity index (χ3v) is 8.45. The molecule has 1 N–H and O–H groups in total. The largest absolute Gasteiger partial charge is 0.373 e. The van der Waals surface area contributed by atoms with Gasteiger partial charge in [0.05, 0.1) is 17.9 Å². The number of carbonyl (C=O) groups excluding carboxylic acids is 1. The number of nitrogens with one attached hydrogen (secondary N) is 1. The van der Waals surface area contributed by atoms with Gasteiger partial charge in [-0.3, -0.25) is 14.7 Å². The van der Waals surface area contributed by atoms with E-state index in [9.17, 15) is 13.2 Å². The highest BCUT2D eigenvalue weighted by atomic mass is 32.2. The van der Waals surface area contributed by atoms with Gasteiger partial charge in [-0.05, 0) is 38.8 Å². The highest BCUT2D eigenvalue weighted by Gasteiger charge is 2.32. The smallest absolute Gasteiger partial charge is 0.244 e. The normalized spacial score (nSPS) is 23.8. The molecule has 32 heavy (non-hydrogen) atoms. The lowest BCUT2D eigenvalue weighted by Crippen LogP contribution is -2.44. The number of carbonyl (C=O) groups is 1. The quantitative estimate of drug-likeness (QED) is 0.677. The van der Waals surface area contributed by atoms with E-state index in [2.05, 4.69) is 34.0 Å². The first-order valence-electron chi connectivity index (χ1n) is 10.8. The predicted octanol–water partition coefficient (Wildman–Crippen LogP) is 2.19. The number of thiazole rings is 1. The van der Waals surface area contributed by atoms with E-state index in [1.165, 1.54) is 21.8 Å². The van der Waals surface area contributed by atoms with Crippen LogP contribution in [0, 0.1) is 5.92 Å². The maximum absolute atomic E-state index is 12.7. The summed E-state index contributed by atoms with van der Waals surface area (Å²) >= 11 is 1.42. The van der Waals surface area contributed by atoms with Gasteiger partial charge in [-0.15, -0.1) is 11.3 Å². The molecule has 0 spiro atoms. The number of hydrogen-bond acceptors (Lipinski definition) is 8. The van der Waals surface area contributed by atoms with Crippen LogP contribution in [0.3, 0.4) is 0 Å². The van der Waals surface area contributed by atoms with Gasteiger partial charge in [0.25, 0.3) is 0 Å². The molecule has 0 aliphatic carbocycles. The van der Waals surface area contributed by atoms with E-state index in [1.807, 2.05) is 5.38 Å². The van der Waals surface area contributed by atoms with Crippen LogP contribution in [0.5, 0.6) is 0 Å². The minimum atomic E-state index is -3.57. The van der Waals surface area contributed by atoms with Crippen molar-refractivity contribution in [3.8, 4) is 0 Å². The monoisotopic (exact) mass is 479 g/mol. The Labute approximate surface area is 192 Å². The zero-order valence-electron chi connectivity index (χ0n) is 18.3. The van der Waals surface area contributed by atoms with Crippen LogP contribution in [0.25, 0.3) is 0 Å². The Morgan fingerprint density at radius 1 is 1.25 bits per heavy atom. The summed E-state index contributed by atoms with van der Waals surface area (Å²) in [5.41, 5.74) is 0.934. The maximum Gasteiger partial charge on any atom is 0.244 e. The first-order valence-corrected chi connectivity index (χ1v) is 13.2. The van der Waals surface area contributed by atoms with Crippen LogP contribution in [0.15, 0.2) is 34.8 Å². The number of pyridine rings is 1. The second-order valence-electron chi connectivity index (χ2n) is 8.45. The molecule has 1 amide bonds. The van der Waals surface area contributed by atoms with Crippen molar-refractivity contribution in [1.82, 2.24) is 19.2 Å². The Balaban J connectivity index is 1.28.